The van der Waals surface area contributed by atoms with Crippen LogP contribution in [0.4, 0.5) is 5.95 Å². The highest BCUT2D eigenvalue weighted by Crippen LogP contribution is 2.25. The monoisotopic (exact) mass is 290 g/mol. The molecular weight excluding hydrogens is 264 g/mol. The van der Waals surface area contributed by atoms with Crippen molar-refractivity contribution in [2.45, 2.75) is 32.6 Å². The summed E-state index contributed by atoms with van der Waals surface area (Å²) in [5, 5.41) is 3.54. The van der Waals surface area contributed by atoms with Gasteiger partial charge in [-0.2, -0.15) is 0 Å². The lowest BCUT2D eigenvalue weighted by molar-refractivity contribution is 0.122. The second kappa shape index (κ2) is 7.18. The molecule has 1 aromatic rings. The first-order chi connectivity index (χ1) is 10.4. The average Bonchev–Trinajstić information content (AvgIpc) is 2.55. The van der Waals surface area contributed by atoms with Crippen LogP contribution < -0.4 is 10.2 Å². The predicted molar refractivity (Wildman–Crippen MR) is 83.7 cm³/mol. The normalized spacial score (nSPS) is 22.1. The Labute approximate surface area is 127 Å². The van der Waals surface area contributed by atoms with Crippen LogP contribution >= 0.6 is 0 Å². The van der Waals surface area contributed by atoms with Gasteiger partial charge in [-0.3, -0.25) is 0 Å². The third-order valence-electron chi connectivity index (χ3n) is 4.39. The van der Waals surface area contributed by atoms with E-state index in [1.54, 1.807) is 0 Å². The highest BCUT2D eigenvalue weighted by Gasteiger charge is 2.22. The molecule has 1 aliphatic heterocycles. The zero-order valence-corrected chi connectivity index (χ0v) is 13.0. The molecule has 0 aromatic carbocycles. The van der Waals surface area contributed by atoms with E-state index in [4.69, 9.17) is 9.72 Å². The van der Waals surface area contributed by atoms with E-state index in [0.717, 1.165) is 64.1 Å². The van der Waals surface area contributed by atoms with Gasteiger partial charge in [0.05, 0.1) is 13.2 Å². The SMILES string of the molecule is CCCNCC1CCc2nc(N3CCOCC3)ncc2C1. The first-order valence-electron chi connectivity index (χ1n) is 8.25. The molecule has 1 atom stereocenters. The molecule has 1 aromatic heterocycles. The number of nitrogens with one attached hydrogen (secondary N) is 1. The lowest BCUT2D eigenvalue weighted by atomic mass is 9.87. The van der Waals surface area contributed by atoms with Crippen molar-refractivity contribution in [3.8, 4) is 0 Å². The minimum absolute atomic E-state index is 0.738. The Bertz CT molecular complexity index is 460. The van der Waals surface area contributed by atoms with Crippen LogP contribution in [0, 0.1) is 5.92 Å². The number of hydrogen-bond acceptors (Lipinski definition) is 5. The summed E-state index contributed by atoms with van der Waals surface area (Å²) in [5.41, 5.74) is 2.61. The van der Waals surface area contributed by atoms with Gasteiger partial charge in [-0.15, -0.1) is 0 Å². The fourth-order valence-electron chi connectivity index (χ4n) is 3.15. The molecule has 5 heteroatoms. The summed E-state index contributed by atoms with van der Waals surface area (Å²) in [6, 6.07) is 0. The number of nitrogens with zero attached hydrogens (tertiary/aromatic N) is 3. The van der Waals surface area contributed by atoms with Crippen LogP contribution in [0.1, 0.15) is 31.0 Å². The molecule has 1 fully saturated rings. The molecule has 0 amide bonds. The molecule has 2 heterocycles. The van der Waals surface area contributed by atoms with Crippen LogP contribution in [0.3, 0.4) is 0 Å². The van der Waals surface area contributed by atoms with E-state index in [2.05, 4.69) is 28.3 Å². The second-order valence-corrected chi connectivity index (χ2v) is 6.05. The standard InChI is InChI=1S/C16H26N4O/c1-2-5-17-11-13-3-4-15-14(10-13)12-18-16(19-15)20-6-8-21-9-7-20/h12-13,17H,2-11H2,1H3. The minimum Gasteiger partial charge on any atom is -0.378 e. The van der Waals surface area contributed by atoms with Crippen LogP contribution in [0.15, 0.2) is 6.20 Å². The molecular formula is C16H26N4O. The van der Waals surface area contributed by atoms with Crippen LogP contribution in [0.5, 0.6) is 0 Å². The fraction of sp³-hybridized carbons (Fsp3) is 0.750. The van der Waals surface area contributed by atoms with Crippen molar-refractivity contribution in [3.63, 3.8) is 0 Å². The van der Waals surface area contributed by atoms with Gasteiger partial charge < -0.3 is 15.0 Å². The molecule has 5 nitrogen and oxygen atoms in total. The van der Waals surface area contributed by atoms with E-state index in [1.807, 2.05) is 0 Å². The molecule has 2 aliphatic rings. The first-order valence-corrected chi connectivity index (χ1v) is 8.25. The number of hydrogen-bond donors (Lipinski definition) is 1. The smallest absolute Gasteiger partial charge is 0.225 e. The van der Waals surface area contributed by atoms with Crippen molar-refractivity contribution in [2.24, 2.45) is 5.92 Å². The quantitative estimate of drug-likeness (QED) is 0.831. The molecule has 1 saturated heterocycles. The summed E-state index contributed by atoms with van der Waals surface area (Å²) >= 11 is 0. The van der Waals surface area contributed by atoms with Crippen molar-refractivity contribution in [3.05, 3.63) is 17.5 Å². The topological polar surface area (TPSA) is 50.3 Å². The second-order valence-electron chi connectivity index (χ2n) is 6.05. The van der Waals surface area contributed by atoms with Crippen molar-refractivity contribution >= 4 is 5.95 Å². The predicted octanol–water partition coefficient (Wildman–Crippen LogP) is 1.42. The van der Waals surface area contributed by atoms with Gasteiger partial charge in [0.1, 0.15) is 0 Å². The van der Waals surface area contributed by atoms with Gasteiger partial charge in [-0.1, -0.05) is 6.92 Å². The van der Waals surface area contributed by atoms with E-state index in [1.165, 1.54) is 24.1 Å². The lowest BCUT2D eigenvalue weighted by Crippen LogP contribution is -2.37. The summed E-state index contributed by atoms with van der Waals surface area (Å²) < 4.78 is 5.39. The number of rotatable bonds is 5. The van der Waals surface area contributed by atoms with Gasteiger partial charge in [-0.25, -0.2) is 9.97 Å². The van der Waals surface area contributed by atoms with Crippen molar-refractivity contribution < 1.29 is 4.74 Å². The Morgan fingerprint density at radius 1 is 1.38 bits per heavy atom. The summed E-state index contributed by atoms with van der Waals surface area (Å²) in [7, 11) is 0. The van der Waals surface area contributed by atoms with Crippen molar-refractivity contribution in [1.82, 2.24) is 15.3 Å². The largest absolute Gasteiger partial charge is 0.378 e. The maximum atomic E-state index is 5.39. The van der Waals surface area contributed by atoms with Gasteiger partial charge in [-0.05, 0) is 50.3 Å². The van der Waals surface area contributed by atoms with Crippen LogP contribution in [-0.2, 0) is 17.6 Å². The molecule has 116 valence electrons. The van der Waals surface area contributed by atoms with Crippen molar-refractivity contribution in [2.75, 3.05) is 44.3 Å². The number of ether oxygens (including phenoxy) is 1. The van der Waals surface area contributed by atoms with Crippen LogP contribution in [0.2, 0.25) is 0 Å². The van der Waals surface area contributed by atoms with E-state index < -0.39 is 0 Å². The first kappa shape index (κ1) is 14.7. The number of anilines is 1. The van der Waals surface area contributed by atoms with E-state index in [9.17, 15) is 0 Å². The molecule has 0 spiro atoms. The molecule has 1 N–H and O–H groups in total. The lowest BCUT2D eigenvalue weighted by Gasteiger charge is -2.29. The Morgan fingerprint density at radius 3 is 3.05 bits per heavy atom. The Morgan fingerprint density at radius 2 is 2.24 bits per heavy atom. The minimum atomic E-state index is 0.738. The maximum absolute atomic E-state index is 5.39. The zero-order valence-electron chi connectivity index (χ0n) is 13.0. The third-order valence-corrected chi connectivity index (χ3v) is 4.39. The van der Waals surface area contributed by atoms with E-state index in [0.29, 0.717) is 0 Å². The van der Waals surface area contributed by atoms with Gasteiger partial charge in [0.2, 0.25) is 5.95 Å². The highest BCUT2D eigenvalue weighted by molar-refractivity contribution is 5.34. The molecule has 1 aliphatic carbocycles. The van der Waals surface area contributed by atoms with Crippen molar-refractivity contribution in [1.29, 1.82) is 0 Å². The maximum Gasteiger partial charge on any atom is 0.225 e. The van der Waals surface area contributed by atoms with Gasteiger partial charge in [0.25, 0.3) is 0 Å². The third kappa shape index (κ3) is 3.71. The van der Waals surface area contributed by atoms with E-state index >= 15 is 0 Å². The Balaban J connectivity index is 1.62. The summed E-state index contributed by atoms with van der Waals surface area (Å²) in [6.07, 6.45) is 6.71. The average molecular weight is 290 g/mol. The molecule has 1 unspecified atom stereocenters. The van der Waals surface area contributed by atoms with Gasteiger partial charge >= 0.3 is 0 Å². The summed E-state index contributed by atoms with van der Waals surface area (Å²) in [4.78, 5) is 11.6. The molecule has 21 heavy (non-hydrogen) atoms. The fourth-order valence-corrected chi connectivity index (χ4v) is 3.15. The number of morpholine rings is 1. The Kier molecular flexibility index (Phi) is 5.04. The molecule has 0 bridgehead atoms. The number of fused-ring (bicyclic) bond motifs is 1. The van der Waals surface area contributed by atoms with E-state index in [-0.39, 0.29) is 0 Å². The van der Waals surface area contributed by atoms with Gasteiger partial charge in [0.15, 0.2) is 0 Å². The summed E-state index contributed by atoms with van der Waals surface area (Å²) in [5.74, 6) is 1.63. The van der Waals surface area contributed by atoms with Crippen LogP contribution in [0.25, 0.3) is 0 Å². The number of aromatic nitrogens is 2. The molecule has 0 saturated carbocycles. The summed E-state index contributed by atoms with van der Waals surface area (Å²) in [6.45, 7) is 7.83. The molecule has 0 radical (unpaired) electrons. The zero-order chi connectivity index (χ0) is 14.5. The highest BCUT2D eigenvalue weighted by atomic mass is 16.5. The molecule has 3 rings (SSSR count). The van der Waals surface area contributed by atoms with Gasteiger partial charge in [0, 0.05) is 25.0 Å². The number of aryl methyl sites for hydroxylation is 1. The Hall–Kier alpha value is -1.20. The van der Waals surface area contributed by atoms with Crippen LogP contribution in [-0.4, -0.2) is 49.4 Å².